The van der Waals surface area contributed by atoms with Gasteiger partial charge < -0.3 is 20.5 Å². The summed E-state index contributed by atoms with van der Waals surface area (Å²) in [5.41, 5.74) is 1.37. The fourth-order valence-corrected chi connectivity index (χ4v) is 4.94. The Bertz CT molecular complexity index is 754. The third kappa shape index (κ3) is 4.13. The molecule has 1 saturated heterocycles. The number of aliphatic hydroxyl groups is 1. The molecule has 4 nitrogen and oxygen atoms in total. The molecule has 0 radical (unpaired) electrons. The Kier molecular flexibility index (Phi) is 6.36. The SMILES string of the molecule is OCCCNC[C@H]1CC[C@@H]2[C@H](O1)c1cc(Cl)cc(F)c1N[C@H]2C1C=CC=CC1. The van der Waals surface area contributed by atoms with E-state index in [2.05, 4.69) is 34.9 Å². The second-order valence-corrected chi connectivity index (χ2v) is 8.37. The molecule has 3 aliphatic rings. The maximum Gasteiger partial charge on any atom is 0.148 e. The van der Waals surface area contributed by atoms with Gasteiger partial charge in [0.05, 0.1) is 17.9 Å². The molecular weight excluding hydrogens is 379 g/mol. The van der Waals surface area contributed by atoms with E-state index < -0.39 is 0 Å². The van der Waals surface area contributed by atoms with Gasteiger partial charge in [0.2, 0.25) is 0 Å². The van der Waals surface area contributed by atoms with Gasteiger partial charge in [-0.15, -0.1) is 0 Å². The van der Waals surface area contributed by atoms with E-state index in [1.807, 2.05) is 6.07 Å². The smallest absolute Gasteiger partial charge is 0.148 e. The predicted molar refractivity (Wildman–Crippen MR) is 110 cm³/mol. The lowest BCUT2D eigenvalue weighted by molar-refractivity contribution is -0.0940. The standard InChI is InChI=1S/C22H28ClFN2O2/c23-15-11-18-21(19(24)12-15)26-20(14-5-2-1-3-6-14)17-8-7-16(28-22(17)18)13-25-9-4-10-27/h1-3,5,11-12,14,16-17,20,22,25-27H,4,6-10,13H2/t14?,16-,17+,20+,22+/m1/s1. The molecule has 1 fully saturated rings. The normalized spacial score (nSPS) is 31.2. The molecule has 2 heterocycles. The van der Waals surface area contributed by atoms with Crippen molar-refractivity contribution < 1.29 is 14.2 Å². The van der Waals surface area contributed by atoms with E-state index in [1.165, 1.54) is 6.07 Å². The highest BCUT2D eigenvalue weighted by molar-refractivity contribution is 6.30. The van der Waals surface area contributed by atoms with E-state index in [1.54, 1.807) is 0 Å². The lowest BCUT2D eigenvalue weighted by Gasteiger charge is -2.47. The van der Waals surface area contributed by atoms with Crippen LogP contribution in [0.1, 0.15) is 37.4 Å². The fraction of sp³-hybridized carbons (Fsp3) is 0.545. The van der Waals surface area contributed by atoms with Crippen LogP contribution in [0.5, 0.6) is 0 Å². The molecule has 4 rings (SSSR count). The molecule has 0 spiro atoms. The van der Waals surface area contributed by atoms with Gasteiger partial charge in [-0.1, -0.05) is 35.9 Å². The number of rotatable bonds is 6. The van der Waals surface area contributed by atoms with Crippen LogP contribution in [0.2, 0.25) is 5.02 Å². The molecule has 0 aromatic heterocycles. The number of allylic oxidation sites excluding steroid dienone is 3. The minimum Gasteiger partial charge on any atom is -0.396 e. The Hall–Kier alpha value is -1.40. The zero-order chi connectivity index (χ0) is 19.5. The second-order valence-electron chi connectivity index (χ2n) is 7.94. The highest BCUT2D eigenvalue weighted by Crippen LogP contribution is 2.49. The maximum absolute atomic E-state index is 14.7. The Morgan fingerprint density at radius 1 is 1.29 bits per heavy atom. The minimum absolute atomic E-state index is 0.0791. The van der Waals surface area contributed by atoms with E-state index in [-0.39, 0.29) is 36.6 Å². The maximum atomic E-state index is 14.7. The predicted octanol–water partition coefficient (Wildman–Crippen LogP) is 4.21. The first-order valence-corrected chi connectivity index (χ1v) is 10.6. The van der Waals surface area contributed by atoms with Gasteiger partial charge in [-0.25, -0.2) is 4.39 Å². The first-order chi connectivity index (χ1) is 13.7. The monoisotopic (exact) mass is 406 g/mol. The average Bonchev–Trinajstić information content (AvgIpc) is 2.71. The van der Waals surface area contributed by atoms with E-state index >= 15 is 0 Å². The van der Waals surface area contributed by atoms with Crippen molar-refractivity contribution in [3.63, 3.8) is 0 Å². The number of aliphatic hydroxyl groups excluding tert-OH is 1. The van der Waals surface area contributed by atoms with Gasteiger partial charge in [0.1, 0.15) is 5.82 Å². The molecule has 2 aliphatic heterocycles. The number of hydrogen-bond donors (Lipinski definition) is 3. The van der Waals surface area contributed by atoms with Gasteiger partial charge in [0.15, 0.2) is 0 Å². The van der Waals surface area contributed by atoms with Crippen molar-refractivity contribution in [1.29, 1.82) is 0 Å². The summed E-state index contributed by atoms with van der Waals surface area (Å²) >= 11 is 6.17. The summed E-state index contributed by atoms with van der Waals surface area (Å²) in [5.74, 6) is 0.289. The third-order valence-electron chi connectivity index (χ3n) is 6.07. The van der Waals surface area contributed by atoms with E-state index in [0.717, 1.165) is 44.3 Å². The zero-order valence-electron chi connectivity index (χ0n) is 15.9. The molecule has 6 heteroatoms. The summed E-state index contributed by atoms with van der Waals surface area (Å²) in [7, 11) is 0. The average molecular weight is 407 g/mol. The van der Waals surface area contributed by atoms with Crippen LogP contribution < -0.4 is 10.6 Å². The van der Waals surface area contributed by atoms with Crippen LogP contribution in [0.4, 0.5) is 10.1 Å². The number of halogens is 2. The highest BCUT2D eigenvalue weighted by Gasteiger charge is 2.44. The van der Waals surface area contributed by atoms with Gasteiger partial charge in [0, 0.05) is 41.6 Å². The lowest BCUT2D eigenvalue weighted by atomic mass is 9.73. The molecule has 1 aromatic carbocycles. The van der Waals surface area contributed by atoms with Gasteiger partial charge in [-0.3, -0.25) is 0 Å². The van der Waals surface area contributed by atoms with Crippen LogP contribution in [-0.4, -0.2) is 36.9 Å². The van der Waals surface area contributed by atoms with E-state index in [4.69, 9.17) is 21.4 Å². The fourth-order valence-electron chi connectivity index (χ4n) is 4.73. The number of anilines is 1. The minimum atomic E-state index is -0.312. The zero-order valence-corrected chi connectivity index (χ0v) is 16.7. The molecule has 5 atom stereocenters. The van der Waals surface area contributed by atoms with Crippen molar-refractivity contribution >= 4 is 17.3 Å². The van der Waals surface area contributed by atoms with Crippen molar-refractivity contribution in [3.8, 4) is 0 Å². The summed E-state index contributed by atoms with van der Waals surface area (Å²) in [6.07, 6.45) is 12.1. The van der Waals surface area contributed by atoms with Crippen LogP contribution in [0.15, 0.2) is 36.4 Å². The van der Waals surface area contributed by atoms with Crippen LogP contribution >= 0.6 is 11.6 Å². The first-order valence-electron chi connectivity index (χ1n) is 10.2. The number of nitrogens with one attached hydrogen (secondary N) is 2. The molecule has 1 unspecified atom stereocenters. The number of hydrogen-bond acceptors (Lipinski definition) is 4. The highest BCUT2D eigenvalue weighted by atomic mass is 35.5. The van der Waals surface area contributed by atoms with Crippen molar-refractivity contribution in [2.24, 2.45) is 11.8 Å². The van der Waals surface area contributed by atoms with Gasteiger partial charge in [0.25, 0.3) is 0 Å². The van der Waals surface area contributed by atoms with Crippen molar-refractivity contribution in [2.45, 2.75) is 43.9 Å². The Labute approximate surface area is 170 Å². The number of ether oxygens (including phenoxy) is 1. The van der Waals surface area contributed by atoms with Gasteiger partial charge in [-0.2, -0.15) is 0 Å². The van der Waals surface area contributed by atoms with Crippen LogP contribution in [0, 0.1) is 17.7 Å². The van der Waals surface area contributed by atoms with Crippen molar-refractivity contribution in [1.82, 2.24) is 5.32 Å². The first kappa shape index (κ1) is 19.9. The molecule has 0 bridgehead atoms. The molecule has 0 amide bonds. The van der Waals surface area contributed by atoms with Crippen molar-refractivity contribution in [2.75, 3.05) is 25.0 Å². The summed E-state index contributed by atoms with van der Waals surface area (Å²) < 4.78 is 21.2. The summed E-state index contributed by atoms with van der Waals surface area (Å²) in [4.78, 5) is 0. The molecule has 28 heavy (non-hydrogen) atoms. The second kappa shape index (κ2) is 8.95. The number of fused-ring (bicyclic) bond motifs is 3. The van der Waals surface area contributed by atoms with E-state index in [0.29, 0.717) is 16.6 Å². The Balaban J connectivity index is 1.58. The largest absolute Gasteiger partial charge is 0.396 e. The Morgan fingerprint density at radius 2 is 2.18 bits per heavy atom. The molecule has 1 aliphatic carbocycles. The Morgan fingerprint density at radius 3 is 2.96 bits per heavy atom. The molecule has 3 N–H and O–H groups in total. The third-order valence-corrected chi connectivity index (χ3v) is 6.29. The van der Waals surface area contributed by atoms with Gasteiger partial charge in [-0.05, 0) is 44.4 Å². The summed E-state index contributed by atoms with van der Waals surface area (Å²) in [6, 6.07) is 3.36. The summed E-state index contributed by atoms with van der Waals surface area (Å²) in [6.45, 7) is 1.70. The topological polar surface area (TPSA) is 53.5 Å². The quantitative estimate of drug-likeness (QED) is 0.619. The molecule has 1 aromatic rings. The molecule has 152 valence electrons. The number of benzene rings is 1. The van der Waals surface area contributed by atoms with Crippen LogP contribution in [0.25, 0.3) is 0 Å². The van der Waals surface area contributed by atoms with Gasteiger partial charge >= 0.3 is 0 Å². The van der Waals surface area contributed by atoms with Crippen LogP contribution in [0.3, 0.4) is 0 Å². The summed E-state index contributed by atoms with van der Waals surface area (Å²) in [5, 5.41) is 16.2. The molecular formula is C22H28ClFN2O2. The van der Waals surface area contributed by atoms with E-state index in [9.17, 15) is 4.39 Å². The van der Waals surface area contributed by atoms with Crippen LogP contribution in [-0.2, 0) is 4.74 Å². The van der Waals surface area contributed by atoms with Crippen molar-refractivity contribution in [3.05, 3.63) is 52.8 Å². The molecule has 0 saturated carbocycles. The lowest BCUT2D eigenvalue weighted by Crippen LogP contribution is -2.48.